The smallest absolute Gasteiger partial charge is 0.0938 e. The molecule has 3 heteroatoms. The van der Waals surface area contributed by atoms with Crippen LogP contribution in [0.1, 0.15) is 24.8 Å². The van der Waals surface area contributed by atoms with Crippen molar-refractivity contribution < 1.29 is 9.15 Å². The highest BCUT2D eigenvalue weighted by molar-refractivity contribution is 5.16. The van der Waals surface area contributed by atoms with Gasteiger partial charge in [-0.2, -0.15) is 0 Å². The first-order valence-corrected chi connectivity index (χ1v) is 5.76. The van der Waals surface area contributed by atoms with E-state index in [9.17, 15) is 0 Å². The Kier molecular flexibility index (Phi) is 3.80. The van der Waals surface area contributed by atoms with Gasteiger partial charge in [-0.1, -0.05) is 12.2 Å². The number of rotatable bonds is 4. The topological polar surface area (TPSA) is 34.4 Å². The van der Waals surface area contributed by atoms with E-state index in [0.717, 1.165) is 25.1 Å². The van der Waals surface area contributed by atoms with E-state index in [-0.39, 0.29) is 6.10 Å². The second-order valence-electron chi connectivity index (χ2n) is 4.46. The van der Waals surface area contributed by atoms with Crippen LogP contribution < -0.4 is 5.32 Å². The van der Waals surface area contributed by atoms with Gasteiger partial charge in [-0.05, 0) is 31.5 Å². The summed E-state index contributed by atoms with van der Waals surface area (Å²) in [4.78, 5) is 0. The molecule has 0 unspecified atom stereocenters. The minimum absolute atomic E-state index is 0.225. The Balaban J connectivity index is 2.00. The fourth-order valence-electron chi connectivity index (χ4n) is 2.12. The molecule has 2 atom stereocenters. The summed E-state index contributed by atoms with van der Waals surface area (Å²) < 4.78 is 11.0. The van der Waals surface area contributed by atoms with Crippen molar-refractivity contribution in [2.45, 2.75) is 25.4 Å². The van der Waals surface area contributed by atoms with Crippen LogP contribution in [0.2, 0.25) is 0 Å². The second-order valence-corrected chi connectivity index (χ2v) is 4.46. The molecule has 0 aromatic carbocycles. The molecule has 3 nitrogen and oxygen atoms in total. The van der Waals surface area contributed by atoms with E-state index in [1.807, 2.05) is 19.3 Å². The zero-order valence-corrected chi connectivity index (χ0v) is 9.74. The Hall–Kier alpha value is -1.06. The molecule has 0 spiro atoms. The van der Waals surface area contributed by atoms with Gasteiger partial charge in [-0.3, -0.25) is 0 Å². The lowest BCUT2D eigenvalue weighted by Gasteiger charge is -2.31. The average molecular weight is 221 g/mol. The fraction of sp³-hybridized carbons (Fsp3) is 0.538. The summed E-state index contributed by atoms with van der Waals surface area (Å²) in [5.41, 5.74) is 2.31. The van der Waals surface area contributed by atoms with Crippen LogP contribution in [0, 0.1) is 0 Å². The molecule has 16 heavy (non-hydrogen) atoms. The van der Waals surface area contributed by atoms with Crippen molar-refractivity contribution in [1.29, 1.82) is 0 Å². The first kappa shape index (κ1) is 11.4. The Bertz CT molecular complexity index is 332. The summed E-state index contributed by atoms with van der Waals surface area (Å²) in [6.45, 7) is 8.44. The normalized spacial score (nSPS) is 25.6. The third-order valence-electron chi connectivity index (χ3n) is 2.94. The standard InChI is InChI=1S/C13H19NO2/c1-10(2)8-16-13-7-14-5-3-12(13)11-4-6-15-9-11/h4,6,9,12-14H,1,3,5,7-8H2,2H3/t12-,13+/m1/s1. The van der Waals surface area contributed by atoms with E-state index in [2.05, 4.69) is 11.9 Å². The molecule has 0 amide bonds. The van der Waals surface area contributed by atoms with Gasteiger partial charge in [-0.25, -0.2) is 0 Å². The lowest BCUT2D eigenvalue weighted by Crippen LogP contribution is -2.41. The second kappa shape index (κ2) is 5.32. The average Bonchev–Trinajstić information content (AvgIpc) is 2.80. The molecule has 1 fully saturated rings. The Labute approximate surface area is 96.5 Å². The van der Waals surface area contributed by atoms with Crippen LogP contribution in [0.5, 0.6) is 0 Å². The zero-order valence-electron chi connectivity index (χ0n) is 9.74. The number of furan rings is 1. The molecule has 0 saturated carbocycles. The molecular formula is C13H19NO2. The summed E-state index contributed by atoms with van der Waals surface area (Å²) in [7, 11) is 0. The predicted octanol–water partition coefficient (Wildman–Crippen LogP) is 2.32. The summed E-state index contributed by atoms with van der Waals surface area (Å²) >= 11 is 0. The van der Waals surface area contributed by atoms with Crippen LogP contribution in [0.15, 0.2) is 35.2 Å². The van der Waals surface area contributed by atoms with Gasteiger partial charge in [0.2, 0.25) is 0 Å². The number of hydrogen-bond donors (Lipinski definition) is 1. The quantitative estimate of drug-likeness (QED) is 0.792. The van der Waals surface area contributed by atoms with Crippen LogP contribution in [-0.2, 0) is 4.74 Å². The summed E-state index contributed by atoms with van der Waals surface area (Å²) in [6.07, 6.45) is 4.88. The van der Waals surface area contributed by atoms with Crippen molar-refractivity contribution in [2.24, 2.45) is 0 Å². The zero-order chi connectivity index (χ0) is 11.4. The van der Waals surface area contributed by atoms with Gasteiger partial charge in [0.05, 0.1) is 25.2 Å². The molecule has 1 aliphatic rings. The summed E-state index contributed by atoms with van der Waals surface area (Å²) in [5, 5.41) is 3.37. The van der Waals surface area contributed by atoms with Crippen LogP contribution in [0.25, 0.3) is 0 Å². The van der Waals surface area contributed by atoms with Gasteiger partial charge in [0.15, 0.2) is 0 Å². The molecule has 1 aromatic heterocycles. The maximum absolute atomic E-state index is 5.88. The van der Waals surface area contributed by atoms with E-state index in [1.165, 1.54) is 5.56 Å². The molecule has 2 heterocycles. The van der Waals surface area contributed by atoms with Crippen molar-refractivity contribution >= 4 is 0 Å². The minimum atomic E-state index is 0.225. The molecule has 1 aliphatic heterocycles. The fourth-order valence-corrected chi connectivity index (χ4v) is 2.12. The Morgan fingerprint density at radius 1 is 1.69 bits per heavy atom. The monoisotopic (exact) mass is 221 g/mol. The van der Waals surface area contributed by atoms with Crippen molar-refractivity contribution in [1.82, 2.24) is 5.32 Å². The third kappa shape index (κ3) is 2.74. The van der Waals surface area contributed by atoms with Crippen molar-refractivity contribution in [3.8, 4) is 0 Å². The highest BCUT2D eigenvalue weighted by atomic mass is 16.5. The van der Waals surface area contributed by atoms with Gasteiger partial charge in [0, 0.05) is 12.5 Å². The molecule has 88 valence electrons. The summed E-state index contributed by atoms with van der Waals surface area (Å²) in [5.74, 6) is 0.444. The first-order valence-electron chi connectivity index (χ1n) is 5.76. The molecule has 1 N–H and O–H groups in total. The number of nitrogens with one attached hydrogen (secondary N) is 1. The van der Waals surface area contributed by atoms with Crippen molar-refractivity contribution in [3.63, 3.8) is 0 Å². The molecule has 1 aromatic rings. The van der Waals surface area contributed by atoms with Crippen molar-refractivity contribution in [2.75, 3.05) is 19.7 Å². The van der Waals surface area contributed by atoms with Crippen LogP contribution >= 0.6 is 0 Å². The lowest BCUT2D eigenvalue weighted by molar-refractivity contribution is 0.0355. The van der Waals surface area contributed by atoms with E-state index in [1.54, 1.807) is 6.26 Å². The molecule has 0 bridgehead atoms. The number of piperidine rings is 1. The van der Waals surface area contributed by atoms with E-state index in [4.69, 9.17) is 9.15 Å². The first-order chi connectivity index (χ1) is 7.77. The van der Waals surface area contributed by atoms with Gasteiger partial charge in [0.25, 0.3) is 0 Å². The van der Waals surface area contributed by atoms with E-state index >= 15 is 0 Å². The molecule has 2 rings (SSSR count). The van der Waals surface area contributed by atoms with E-state index in [0.29, 0.717) is 12.5 Å². The minimum Gasteiger partial charge on any atom is -0.472 e. The van der Waals surface area contributed by atoms with Gasteiger partial charge in [-0.15, -0.1) is 0 Å². The molecule has 0 aliphatic carbocycles. The van der Waals surface area contributed by atoms with Crippen LogP contribution in [0.3, 0.4) is 0 Å². The highest BCUT2D eigenvalue weighted by Crippen LogP contribution is 2.28. The van der Waals surface area contributed by atoms with Crippen LogP contribution in [-0.4, -0.2) is 25.8 Å². The molecule has 1 saturated heterocycles. The molecule has 0 radical (unpaired) electrons. The Morgan fingerprint density at radius 2 is 2.56 bits per heavy atom. The van der Waals surface area contributed by atoms with E-state index < -0.39 is 0 Å². The van der Waals surface area contributed by atoms with Crippen molar-refractivity contribution in [3.05, 3.63) is 36.3 Å². The van der Waals surface area contributed by atoms with Crippen LogP contribution in [0.4, 0.5) is 0 Å². The SMILES string of the molecule is C=C(C)CO[C@H]1CNCC[C@@H]1c1ccoc1. The maximum atomic E-state index is 5.88. The van der Waals surface area contributed by atoms with Gasteiger partial charge >= 0.3 is 0 Å². The van der Waals surface area contributed by atoms with Gasteiger partial charge < -0.3 is 14.5 Å². The number of hydrogen-bond acceptors (Lipinski definition) is 3. The highest BCUT2D eigenvalue weighted by Gasteiger charge is 2.27. The molecular weight excluding hydrogens is 202 g/mol. The lowest BCUT2D eigenvalue weighted by atomic mass is 9.89. The summed E-state index contributed by atoms with van der Waals surface area (Å²) in [6, 6.07) is 2.03. The number of ether oxygens (including phenoxy) is 1. The Morgan fingerprint density at radius 3 is 3.25 bits per heavy atom. The predicted molar refractivity (Wildman–Crippen MR) is 63.5 cm³/mol. The third-order valence-corrected chi connectivity index (χ3v) is 2.94. The maximum Gasteiger partial charge on any atom is 0.0938 e. The largest absolute Gasteiger partial charge is 0.472 e. The van der Waals surface area contributed by atoms with Gasteiger partial charge in [0.1, 0.15) is 0 Å².